The number of ether oxygens (including phenoxy) is 3. The van der Waals surface area contributed by atoms with E-state index in [1.807, 2.05) is 0 Å². The van der Waals surface area contributed by atoms with E-state index in [1.54, 1.807) is 0 Å². The van der Waals surface area contributed by atoms with Gasteiger partial charge in [0.15, 0.2) is 6.10 Å². The van der Waals surface area contributed by atoms with Crippen molar-refractivity contribution in [2.45, 2.75) is 284 Å². The fourth-order valence-corrected chi connectivity index (χ4v) is 7.48. The zero-order chi connectivity index (χ0) is 41.0. The molecule has 332 valence electrons. The molecule has 0 aliphatic rings. The first-order valence-electron chi connectivity index (χ1n) is 24.9. The predicted octanol–water partition coefficient (Wildman–Crippen LogP) is 15.9. The van der Waals surface area contributed by atoms with Gasteiger partial charge >= 0.3 is 17.9 Å². The molecule has 0 fully saturated rings. The summed E-state index contributed by atoms with van der Waals surface area (Å²) in [5.41, 5.74) is 0. The first kappa shape index (κ1) is 54.4. The minimum atomic E-state index is -0.760. The summed E-state index contributed by atoms with van der Waals surface area (Å²) in [6.45, 7) is 8.98. The molecule has 0 aromatic carbocycles. The molecule has 0 aromatic rings. The van der Waals surface area contributed by atoms with Crippen LogP contribution in [0.25, 0.3) is 0 Å². The standard InChI is InChI=1S/C50H96O6/c1-5-8-10-12-14-16-18-19-20-21-22-23-24-25-27-29-35-39-43-50(53)56-47(44-54-48(51)41-37-33-28-26-17-15-13-11-9-6-2)45-55-49(52)42-38-34-31-30-32-36-40-46(4)7-3/h46-47H,5-45H2,1-4H3/t46?,47-/m0/s1. The normalized spacial score (nSPS) is 12.4. The fraction of sp³-hybridized carbons (Fsp3) is 0.940. The summed E-state index contributed by atoms with van der Waals surface area (Å²) in [4.78, 5) is 37.8. The van der Waals surface area contributed by atoms with Gasteiger partial charge in [0.2, 0.25) is 0 Å². The van der Waals surface area contributed by atoms with Gasteiger partial charge in [-0.2, -0.15) is 0 Å². The van der Waals surface area contributed by atoms with Gasteiger partial charge in [0.25, 0.3) is 0 Å². The van der Waals surface area contributed by atoms with Gasteiger partial charge in [-0.1, -0.05) is 240 Å². The van der Waals surface area contributed by atoms with Crippen LogP contribution in [0.4, 0.5) is 0 Å². The van der Waals surface area contributed by atoms with E-state index < -0.39 is 6.10 Å². The van der Waals surface area contributed by atoms with Gasteiger partial charge in [-0.25, -0.2) is 0 Å². The summed E-state index contributed by atoms with van der Waals surface area (Å²) in [5.74, 6) is -0.0383. The van der Waals surface area contributed by atoms with Crippen molar-refractivity contribution in [3.05, 3.63) is 0 Å². The molecular weight excluding hydrogens is 697 g/mol. The second kappa shape index (κ2) is 44.5. The maximum atomic E-state index is 12.8. The molecule has 2 atom stereocenters. The average molecular weight is 793 g/mol. The molecule has 0 rings (SSSR count). The molecule has 6 nitrogen and oxygen atoms in total. The van der Waals surface area contributed by atoms with Crippen LogP contribution in [0, 0.1) is 5.92 Å². The minimum absolute atomic E-state index is 0.0641. The Labute approximate surface area is 348 Å². The molecule has 56 heavy (non-hydrogen) atoms. The van der Waals surface area contributed by atoms with Crippen molar-refractivity contribution in [2.24, 2.45) is 5.92 Å². The van der Waals surface area contributed by atoms with Crippen LogP contribution in [-0.2, 0) is 28.6 Å². The summed E-state index contributed by atoms with van der Waals surface area (Å²) < 4.78 is 16.7. The highest BCUT2D eigenvalue weighted by atomic mass is 16.6. The van der Waals surface area contributed by atoms with E-state index >= 15 is 0 Å². The van der Waals surface area contributed by atoms with Crippen LogP contribution in [0.3, 0.4) is 0 Å². The summed E-state index contributed by atoms with van der Waals surface area (Å²) in [5, 5.41) is 0. The van der Waals surface area contributed by atoms with Crippen molar-refractivity contribution in [1.29, 1.82) is 0 Å². The van der Waals surface area contributed by atoms with Crippen LogP contribution in [0.1, 0.15) is 278 Å². The summed E-state index contributed by atoms with van der Waals surface area (Å²) in [6, 6.07) is 0. The van der Waals surface area contributed by atoms with Crippen molar-refractivity contribution < 1.29 is 28.6 Å². The average Bonchev–Trinajstić information content (AvgIpc) is 3.19. The van der Waals surface area contributed by atoms with Gasteiger partial charge < -0.3 is 14.2 Å². The van der Waals surface area contributed by atoms with Crippen molar-refractivity contribution in [2.75, 3.05) is 13.2 Å². The first-order chi connectivity index (χ1) is 27.4. The molecule has 0 aromatic heterocycles. The van der Waals surface area contributed by atoms with Crippen LogP contribution >= 0.6 is 0 Å². The number of esters is 3. The molecule has 0 aliphatic carbocycles. The molecule has 0 aliphatic heterocycles. The van der Waals surface area contributed by atoms with Crippen LogP contribution in [0.15, 0.2) is 0 Å². The molecule has 0 radical (unpaired) electrons. The molecule has 6 heteroatoms. The lowest BCUT2D eigenvalue weighted by atomic mass is 10.00. The number of carbonyl (C=O) groups excluding carboxylic acids is 3. The van der Waals surface area contributed by atoms with Gasteiger partial charge in [-0.3, -0.25) is 14.4 Å². The molecule has 0 saturated carbocycles. The quantitative estimate of drug-likeness (QED) is 0.0347. The minimum Gasteiger partial charge on any atom is -0.462 e. The van der Waals surface area contributed by atoms with Crippen LogP contribution in [0.2, 0.25) is 0 Å². The van der Waals surface area contributed by atoms with Crippen molar-refractivity contribution in [1.82, 2.24) is 0 Å². The molecule has 1 unspecified atom stereocenters. The Hall–Kier alpha value is -1.59. The number of unbranched alkanes of at least 4 members (excludes halogenated alkanes) is 31. The molecule has 0 saturated heterocycles. The lowest BCUT2D eigenvalue weighted by Gasteiger charge is -2.18. The highest BCUT2D eigenvalue weighted by Gasteiger charge is 2.19. The largest absolute Gasteiger partial charge is 0.462 e. The Bertz CT molecular complexity index is 843. The summed E-state index contributed by atoms with van der Waals surface area (Å²) >= 11 is 0. The van der Waals surface area contributed by atoms with Crippen molar-refractivity contribution >= 4 is 17.9 Å². The SMILES string of the molecule is CCCCCCCCCCCCCCCCCCCCC(=O)O[C@@H](COC(=O)CCCCCCCCCCCC)COC(=O)CCCCCCCCC(C)CC. The van der Waals surface area contributed by atoms with E-state index in [-0.39, 0.29) is 31.1 Å². The Morgan fingerprint density at radius 1 is 0.357 bits per heavy atom. The highest BCUT2D eigenvalue weighted by molar-refractivity contribution is 5.71. The first-order valence-corrected chi connectivity index (χ1v) is 24.9. The molecule has 0 amide bonds. The van der Waals surface area contributed by atoms with E-state index in [0.717, 1.165) is 63.7 Å². The third-order valence-electron chi connectivity index (χ3n) is 11.7. The molecule has 0 N–H and O–H groups in total. The Balaban J connectivity index is 4.26. The van der Waals surface area contributed by atoms with E-state index in [4.69, 9.17) is 14.2 Å². The van der Waals surface area contributed by atoms with Crippen molar-refractivity contribution in [3.63, 3.8) is 0 Å². The van der Waals surface area contributed by atoms with Crippen LogP contribution in [0.5, 0.6) is 0 Å². The van der Waals surface area contributed by atoms with E-state index in [2.05, 4.69) is 27.7 Å². The Kier molecular flexibility index (Phi) is 43.2. The van der Waals surface area contributed by atoms with Gasteiger partial charge in [0.1, 0.15) is 13.2 Å². The smallest absolute Gasteiger partial charge is 0.306 e. The van der Waals surface area contributed by atoms with Gasteiger partial charge in [-0.05, 0) is 25.2 Å². The fourth-order valence-electron chi connectivity index (χ4n) is 7.48. The molecule has 0 spiro atoms. The van der Waals surface area contributed by atoms with Crippen LogP contribution < -0.4 is 0 Å². The zero-order valence-electron chi connectivity index (χ0n) is 38.1. The van der Waals surface area contributed by atoms with Crippen LogP contribution in [-0.4, -0.2) is 37.2 Å². The lowest BCUT2D eigenvalue weighted by Crippen LogP contribution is -2.30. The maximum Gasteiger partial charge on any atom is 0.306 e. The molecule has 0 heterocycles. The number of hydrogen-bond donors (Lipinski definition) is 0. The molecule has 0 bridgehead atoms. The van der Waals surface area contributed by atoms with Gasteiger partial charge in [0, 0.05) is 19.3 Å². The number of rotatable bonds is 45. The lowest BCUT2D eigenvalue weighted by molar-refractivity contribution is -0.167. The second-order valence-corrected chi connectivity index (χ2v) is 17.3. The number of carbonyl (C=O) groups is 3. The third-order valence-corrected chi connectivity index (χ3v) is 11.7. The van der Waals surface area contributed by atoms with E-state index in [9.17, 15) is 14.4 Å². The van der Waals surface area contributed by atoms with Crippen molar-refractivity contribution in [3.8, 4) is 0 Å². The van der Waals surface area contributed by atoms with Gasteiger partial charge in [0.05, 0.1) is 0 Å². The van der Waals surface area contributed by atoms with E-state index in [0.29, 0.717) is 19.3 Å². The summed E-state index contributed by atoms with van der Waals surface area (Å²) in [7, 11) is 0. The predicted molar refractivity (Wildman–Crippen MR) is 238 cm³/mol. The topological polar surface area (TPSA) is 78.9 Å². The monoisotopic (exact) mass is 793 g/mol. The Morgan fingerprint density at radius 3 is 0.929 bits per heavy atom. The number of hydrogen-bond acceptors (Lipinski definition) is 6. The molecular formula is C50H96O6. The third kappa shape index (κ3) is 42.0. The van der Waals surface area contributed by atoms with E-state index in [1.165, 1.54) is 173 Å². The zero-order valence-corrected chi connectivity index (χ0v) is 38.1. The highest BCUT2D eigenvalue weighted by Crippen LogP contribution is 2.17. The second-order valence-electron chi connectivity index (χ2n) is 17.3. The maximum absolute atomic E-state index is 12.8. The Morgan fingerprint density at radius 2 is 0.625 bits per heavy atom. The van der Waals surface area contributed by atoms with Gasteiger partial charge in [-0.15, -0.1) is 0 Å². The summed E-state index contributed by atoms with van der Waals surface area (Å²) in [6.07, 6.45) is 45.2.